The molecular formula is C15H19FN4O. The van der Waals surface area contributed by atoms with Gasteiger partial charge in [0.05, 0.1) is 12.1 Å². The minimum absolute atomic E-state index is 0.0766. The van der Waals surface area contributed by atoms with Crippen LogP contribution >= 0.6 is 0 Å². The van der Waals surface area contributed by atoms with Crippen LogP contribution in [0.1, 0.15) is 13.3 Å². The normalized spacial score (nSPS) is 17.1. The molecule has 112 valence electrons. The lowest BCUT2D eigenvalue weighted by atomic mass is 10.2. The fourth-order valence-electron chi connectivity index (χ4n) is 2.40. The highest BCUT2D eigenvalue weighted by atomic mass is 19.1. The van der Waals surface area contributed by atoms with Crippen molar-refractivity contribution in [2.24, 2.45) is 0 Å². The Morgan fingerprint density at radius 3 is 2.48 bits per heavy atom. The summed E-state index contributed by atoms with van der Waals surface area (Å²) >= 11 is 0. The SMILES string of the molecule is CCC(C#N)N1CCN(C(=O)Nc2ccc(F)cc2)CC1. The number of amides is 2. The molecule has 1 aromatic rings. The van der Waals surface area contributed by atoms with Gasteiger partial charge in [-0.15, -0.1) is 0 Å². The standard InChI is InChI=1S/C15H19FN4O/c1-2-14(11-17)19-7-9-20(10-8-19)15(21)18-13-5-3-12(16)4-6-13/h3-6,14H,2,7-10H2,1H3,(H,18,21). The number of nitrogens with one attached hydrogen (secondary N) is 1. The van der Waals surface area contributed by atoms with E-state index in [1.807, 2.05) is 6.92 Å². The summed E-state index contributed by atoms with van der Waals surface area (Å²) in [5.74, 6) is -0.330. The molecule has 0 aliphatic carbocycles. The number of urea groups is 1. The van der Waals surface area contributed by atoms with Crippen molar-refractivity contribution in [1.82, 2.24) is 9.80 Å². The average molecular weight is 290 g/mol. The van der Waals surface area contributed by atoms with Crippen molar-refractivity contribution in [3.05, 3.63) is 30.1 Å². The minimum Gasteiger partial charge on any atom is -0.322 e. The number of nitriles is 1. The molecule has 1 aliphatic rings. The van der Waals surface area contributed by atoms with Gasteiger partial charge < -0.3 is 10.2 Å². The molecule has 0 saturated carbocycles. The monoisotopic (exact) mass is 290 g/mol. The van der Waals surface area contributed by atoms with E-state index < -0.39 is 0 Å². The Balaban J connectivity index is 1.86. The molecule has 1 heterocycles. The predicted molar refractivity (Wildman–Crippen MR) is 78.3 cm³/mol. The first kappa shape index (κ1) is 15.3. The van der Waals surface area contributed by atoms with E-state index >= 15 is 0 Å². The molecule has 1 aliphatic heterocycles. The van der Waals surface area contributed by atoms with Gasteiger partial charge >= 0.3 is 6.03 Å². The van der Waals surface area contributed by atoms with Gasteiger partial charge in [0.25, 0.3) is 0 Å². The Kier molecular flexibility index (Phi) is 5.12. The lowest BCUT2D eigenvalue weighted by Gasteiger charge is -2.36. The third-order valence-electron chi connectivity index (χ3n) is 3.67. The molecule has 1 unspecified atom stereocenters. The lowest BCUT2D eigenvalue weighted by Crippen LogP contribution is -2.52. The van der Waals surface area contributed by atoms with E-state index in [0.717, 1.165) is 6.42 Å². The number of hydrogen-bond donors (Lipinski definition) is 1. The van der Waals surface area contributed by atoms with E-state index in [9.17, 15) is 9.18 Å². The molecule has 1 atom stereocenters. The van der Waals surface area contributed by atoms with Crippen molar-refractivity contribution in [2.45, 2.75) is 19.4 Å². The molecule has 1 fully saturated rings. The fourth-order valence-corrected chi connectivity index (χ4v) is 2.40. The summed E-state index contributed by atoms with van der Waals surface area (Å²) in [6.45, 7) is 4.56. The van der Waals surface area contributed by atoms with E-state index in [-0.39, 0.29) is 17.9 Å². The molecule has 2 amide bonds. The summed E-state index contributed by atoms with van der Waals surface area (Å²) in [6, 6.07) is 7.71. The molecule has 5 nitrogen and oxygen atoms in total. The van der Waals surface area contributed by atoms with E-state index in [0.29, 0.717) is 31.9 Å². The number of benzene rings is 1. The third kappa shape index (κ3) is 3.92. The Labute approximate surface area is 123 Å². The molecular weight excluding hydrogens is 271 g/mol. The lowest BCUT2D eigenvalue weighted by molar-refractivity contribution is 0.129. The molecule has 21 heavy (non-hydrogen) atoms. The largest absolute Gasteiger partial charge is 0.322 e. The van der Waals surface area contributed by atoms with Gasteiger partial charge in [-0.25, -0.2) is 9.18 Å². The van der Waals surface area contributed by atoms with Gasteiger partial charge in [0.15, 0.2) is 0 Å². The molecule has 1 saturated heterocycles. The Morgan fingerprint density at radius 2 is 1.95 bits per heavy atom. The predicted octanol–water partition coefficient (Wildman–Crippen LogP) is 2.28. The quantitative estimate of drug-likeness (QED) is 0.929. The molecule has 0 bridgehead atoms. The van der Waals surface area contributed by atoms with Crippen LogP contribution in [0, 0.1) is 17.1 Å². The van der Waals surface area contributed by atoms with Crippen molar-refractivity contribution in [2.75, 3.05) is 31.5 Å². The van der Waals surface area contributed by atoms with E-state index in [4.69, 9.17) is 5.26 Å². The summed E-state index contributed by atoms with van der Waals surface area (Å²) in [6.07, 6.45) is 0.790. The van der Waals surface area contributed by atoms with Crippen molar-refractivity contribution in [3.63, 3.8) is 0 Å². The summed E-state index contributed by atoms with van der Waals surface area (Å²) in [4.78, 5) is 15.9. The highest BCUT2D eigenvalue weighted by Crippen LogP contribution is 2.12. The molecule has 0 aromatic heterocycles. The topological polar surface area (TPSA) is 59.4 Å². The molecule has 1 N–H and O–H groups in total. The van der Waals surface area contributed by atoms with Crippen molar-refractivity contribution in [1.29, 1.82) is 5.26 Å². The molecule has 0 radical (unpaired) electrons. The third-order valence-corrected chi connectivity index (χ3v) is 3.67. The van der Waals surface area contributed by atoms with Crippen molar-refractivity contribution in [3.8, 4) is 6.07 Å². The first-order valence-corrected chi connectivity index (χ1v) is 7.09. The number of carbonyl (C=O) groups excluding carboxylic acids is 1. The zero-order chi connectivity index (χ0) is 15.2. The second-order valence-electron chi connectivity index (χ2n) is 5.01. The zero-order valence-corrected chi connectivity index (χ0v) is 12.1. The molecule has 0 spiro atoms. The van der Waals surface area contributed by atoms with E-state index in [1.54, 1.807) is 4.90 Å². The summed E-state index contributed by atoms with van der Waals surface area (Å²) in [5.41, 5.74) is 0.576. The van der Waals surface area contributed by atoms with Gasteiger partial charge in [-0.1, -0.05) is 6.92 Å². The van der Waals surface area contributed by atoms with Crippen LogP contribution in [0.15, 0.2) is 24.3 Å². The number of hydrogen-bond acceptors (Lipinski definition) is 3. The first-order chi connectivity index (χ1) is 10.1. The number of piperazine rings is 1. The Hall–Kier alpha value is -2.13. The zero-order valence-electron chi connectivity index (χ0n) is 12.1. The minimum atomic E-state index is -0.330. The van der Waals surface area contributed by atoms with Crippen LogP contribution in [-0.2, 0) is 0 Å². The summed E-state index contributed by atoms with van der Waals surface area (Å²) in [7, 11) is 0. The van der Waals surface area contributed by atoms with Crippen LogP contribution in [0.3, 0.4) is 0 Å². The van der Waals surface area contributed by atoms with Crippen LogP contribution in [0.5, 0.6) is 0 Å². The maximum Gasteiger partial charge on any atom is 0.321 e. The highest BCUT2D eigenvalue weighted by molar-refractivity contribution is 5.89. The average Bonchev–Trinajstić information content (AvgIpc) is 2.51. The van der Waals surface area contributed by atoms with Gasteiger partial charge in [-0.05, 0) is 30.7 Å². The molecule has 2 rings (SSSR count). The van der Waals surface area contributed by atoms with Gasteiger partial charge in [0, 0.05) is 31.9 Å². The van der Waals surface area contributed by atoms with Crippen LogP contribution < -0.4 is 5.32 Å². The fraction of sp³-hybridized carbons (Fsp3) is 0.467. The van der Waals surface area contributed by atoms with Crippen LogP contribution in [0.25, 0.3) is 0 Å². The molecule has 6 heteroatoms. The van der Waals surface area contributed by atoms with Crippen LogP contribution in [-0.4, -0.2) is 48.1 Å². The number of rotatable bonds is 3. The summed E-state index contributed by atoms with van der Waals surface area (Å²) in [5, 5.41) is 11.8. The number of carbonyl (C=O) groups is 1. The van der Waals surface area contributed by atoms with Gasteiger partial charge in [-0.2, -0.15) is 5.26 Å². The highest BCUT2D eigenvalue weighted by Gasteiger charge is 2.25. The Morgan fingerprint density at radius 1 is 1.33 bits per heavy atom. The second kappa shape index (κ2) is 7.04. The molecule has 1 aromatic carbocycles. The van der Waals surface area contributed by atoms with Crippen LogP contribution in [0.4, 0.5) is 14.9 Å². The van der Waals surface area contributed by atoms with Crippen molar-refractivity contribution < 1.29 is 9.18 Å². The smallest absolute Gasteiger partial charge is 0.321 e. The first-order valence-electron chi connectivity index (χ1n) is 7.09. The number of nitrogens with zero attached hydrogens (tertiary/aromatic N) is 3. The summed E-state index contributed by atoms with van der Waals surface area (Å²) < 4.78 is 12.8. The maximum absolute atomic E-state index is 12.8. The van der Waals surface area contributed by atoms with E-state index in [1.165, 1.54) is 24.3 Å². The van der Waals surface area contributed by atoms with E-state index in [2.05, 4.69) is 16.3 Å². The van der Waals surface area contributed by atoms with Gasteiger partial charge in [-0.3, -0.25) is 4.90 Å². The number of halogens is 1. The maximum atomic E-state index is 12.8. The van der Waals surface area contributed by atoms with Crippen LogP contribution in [0.2, 0.25) is 0 Å². The second-order valence-corrected chi connectivity index (χ2v) is 5.01. The number of anilines is 1. The van der Waals surface area contributed by atoms with Crippen molar-refractivity contribution >= 4 is 11.7 Å². The van der Waals surface area contributed by atoms with Gasteiger partial charge in [0.1, 0.15) is 5.82 Å². The Bertz CT molecular complexity index is 517. The van der Waals surface area contributed by atoms with Gasteiger partial charge in [0.2, 0.25) is 0 Å².